The van der Waals surface area contributed by atoms with Gasteiger partial charge in [0.1, 0.15) is 5.82 Å². The van der Waals surface area contributed by atoms with Gasteiger partial charge in [-0.05, 0) is 24.3 Å². The van der Waals surface area contributed by atoms with Crippen molar-refractivity contribution in [3.63, 3.8) is 0 Å². The fraction of sp³-hybridized carbons (Fsp3) is 0.0667. The van der Waals surface area contributed by atoms with Crippen molar-refractivity contribution in [3.8, 4) is 0 Å². The number of ketones is 1. The van der Waals surface area contributed by atoms with Crippen molar-refractivity contribution in [1.29, 1.82) is 0 Å². The number of hydrogen-bond acceptors (Lipinski definition) is 2. The first-order valence-corrected chi connectivity index (χ1v) is 5.62. The molecular formula is C15H12FNO. The molecule has 0 N–H and O–H groups in total. The highest BCUT2D eigenvalue weighted by Crippen LogP contribution is 2.11. The van der Waals surface area contributed by atoms with E-state index in [-0.39, 0.29) is 18.0 Å². The van der Waals surface area contributed by atoms with Gasteiger partial charge in [0.2, 0.25) is 0 Å². The summed E-state index contributed by atoms with van der Waals surface area (Å²) >= 11 is 0. The van der Waals surface area contributed by atoms with E-state index in [1.165, 1.54) is 12.1 Å². The predicted molar refractivity (Wildman–Crippen MR) is 69.9 cm³/mol. The average Bonchev–Trinajstić information content (AvgIpc) is 2.42. The Morgan fingerprint density at radius 2 is 1.72 bits per heavy atom. The molecule has 0 saturated heterocycles. The quantitative estimate of drug-likeness (QED) is 0.591. The molecule has 2 aromatic rings. The van der Waals surface area contributed by atoms with Gasteiger partial charge in [0, 0.05) is 18.2 Å². The third kappa shape index (κ3) is 3.35. The van der Waals surface area contributed by atoms with Crippen LogP contribution in [-0.4, -0.2) is 12.0 Å². The van der Waals surface area contributed by atoms with Gasteiger partial charge in [0.25, 0.3) is 0 Å². The van der Waals surface area contributed by atoms with Gasteiger partial charge in [-0.2, -0.15) is 0 Å². The molecular weight excluding hydrogens is 229 g/mol. The van der Waals surface area contributed by atoms with E-state index in [0.717, 1.165) is 0 Å². The van der Waals surface area contributed by atoms with Crippen LogP contribution in [0.3, 0.4) is 0 Å². The first kappa shape index (κ1) is 12.2. The van der Waals surface area contributed by atoms with Gasteiger partial charge in [-0.1, -0.05) is 30.3 Å². The van der Waals surface area contributed by atoms with Gasteiger partial charge >= 0.3 is 0 Å². The number of rotatable bonds is 4. The molecule has 2 nitrogen and oxygen atoms in total. The van der Waals surface area contributed by atoms with Gasteiger partial charge in [-0.15, -0.1) is 0 Å². The van der Waals surface area contributed by atoms with Crippen LogP contribution in [-0.2, 0) is 0 Å². The van der Waals surface area contributed by atoms with Crippen molar-refractivity contribution >= 4 is 17.7 Å². The maximum Gasteiger partial charge on any atom is 0.168 e. The molecule has 0 unspecified atom stereocenters. The summed E-state index contributed by atoms with van der Waals surface area (Å²) < 4.78 is 12.7. The molecule has 0 amide bonds. The van der Waals surface area contributed by atoms with Crippen LogP contribution in [0.5, 0.6) is 0 Å². The Kier molecular flexibility index (Phi) is 3.97. The van der Waals surface area contributed by atoms with Gasteiger partial charge in [-0.3, -0.25) is 9.79 Å². The van der Waals surface area contributed by atoms with Gasteiger partial charge < -0.3 is 0 Å². The number of carbonyl (C=O) groups excluding carboxylic acids is 1. The molecule has 2 rings (SSSR count). The number of Topliss-reactive ketones (excluding diaryl/α,β-unsaturated/α-hetero) is 1. The monoisotopic (exact) mass is 241 g/mol. The zero-order valence-corrected chi connectivity index (χ0v) is 9.71. The molecule has 3 heteroatoms. The molecule has 0 spiro atoms. The smallest absolute Gasteiger partial charge is 0.168 e. The van der Waals surface area contributed by atoms with Crippen LogP contribution < -0.4 is 0 Å². The maximum absolute atomic E-state index is 12.7. The minimum Gasteiger partial charge on any atom is -0.294 e. The number of halogens is 1. The second-order valence-corrected chi connectivity index (χ2v) is 3.78. The Bertz CT molecular complexity index is 546. The summed E-state index contributed by atoms with van der Waals surface area (Å²) in [6, 6.07) is 14.9. The number of benzene rings is 2. The number of carbonyl (C=O) groups is 1. The molecule has 0 aliphatic rings. The Hall–Kier alpha value is -2.29. The summed E-state index contributed by atoms with van der Waals surface area (Å²) in [6.45, 7) is 0. The van der Waals surface area contributed by atoms with E-state index < -0.39 is 0 Å². The maximum atomic E-state index is 12.7. The molecule has 0 aliphatic carbocycles. The summed E-state index contributed by atoms with van der Waals surface area (Å²) in [6.07, 6.45) is 1.78. The lowest BCUT2D eigenvalue weighted by atomic mass is 10.1. The number of aliphatic imine (C=N–C) groups is 1. The van der Waals surface area contributed by atoms with Crippen LogP contribution in [0, 0.1) is 5.82 Å². The first-order chi connectivity index (χ1) is 8.75. The molecule has 90 valence electrons. The lowest BCUT2D eigenvalue weighted by Gasteiger charge is -1.96. The van der Waals surface area contributed by atoms with Crippen LogP contribution in [0.2, 0.25) is 0 Å². The van der Waals surface area contributed by atoms with E-state index in [0.29, 0.717) is 11.3 Å². The zero-order chi connectivity index (χ0) is 12.8. The lowest BCUT2D eigenvalue weighted by molar-refractivity contribution is 0.100. The predicted octanol–water partition coefficient (Wildman–Crippen LogP) is 3.80. The third-order valence-electron chi connectivity index (χ3n) is 2.44. The zero-order valence-electron chi connectivity index (χ0n) is 9.71. The highest BCUT2D eigenvalue weighted by molar-refractivity contribution is 6.03. The molecule has 0 bridgehead atoms. The fourth-order valence-corrected chi connectivity index (χ4v) is 1.50. The van der Waals surface area contributed by atoms with Crippen LogP contribution >= 0.6 is 0 Å². The molecule has 0 aliphatic heterocycles. The molecule has 0 aromatic heterocycles. The second kappa shape index (κ2) is 5.87. The van der Waals surface area contributed by atoms with Crippen LogP contribution in [0.25, 0.3) is 0 Å². The van der Waals surface area contributed by atoms with E-state index in [4.69, 9.17) is 0 Å². The topological polar surface area (TPSA) is 29.4 Å². The molecule has 0 atom stereocenters. The van der Waals surface area contributed by atoms with Crippen molar-refractivity contribution in [3.05, 3.63) is 66.0 Å². The summed E-state index contributed by atoms with van der Waals surface area (Å²) in [5.74, 6) is -0.282. The van der Waals surface area contributed by atoms with E-state index in [9.17, 15) is 9.18 Å². The van der Waals surface area contributed by atoms with Crippen molar-refractivity contribution in [2.75, 3.05) is 0 Å². The number of nitrogens with zero attached hydrogens (tertiary/aromatic N) is 1. The van der Waals surface area contributed by atoms with E-state index in [2.05, 4.69) is 4.99 Å². The van der Waals surface area contributed by atoms with E-state index in [1.807, 2.05) is 18.2 Å². The Morgan fingerprint density at radius 1 is 1.06 bits per heavy atom. The summed E-state index contributed by atoms with van der Waals surface area (Å²) in [7, 11) is 0. The Morgan fingerprint density at radius 3 is 2.39 bits per heavy atom. The largest absolute Gasteiger partial charge is 0.294 e. The Labute approximate surface area is 105 Å². The lowest BCUT2D eigenvalue weighted by Crippen LogP contribution is -1.98. The van der Waals surface area contributed by atoms with Gasteiger partial charge in [0.15, 0.2) is 5.78 Å². The van der Waals surface area contributed by atoms with Crippen molar-refractivity contribution in [1.82, 2.24) is 0 Å². The highest BCUT2D eigenvalue weighted by atomic mass is 19.1. The Balaban J connectivity index is 1.96. The van der Waals surface area contributed by atoms with Crippen LogP contribution in [0.4, 0.5) is 10.1 Å². The van der Waals surface area contributed by atoms with Crippen molar-refractivity contribution in [2.45, 2.75) is 6.42 Å². The van der Waals surface area contributed by atoms with Gasteiger partial charge in [-0.25, -0.2) is 4.39 Å². The van der Waals surface area contributed by atoms with E-state index in [1.54, 1.807) is 30.5 Å². The fourth-order valence-electron chi connectivity index (χ4n) is 1.50. The summed E-state index contributed by atoms with van der Waals surface area (Å²) in [4.78, 5) is 15.8. The molecule has 0 fully saturated rings. The normalized spacial score (nSPS) is 10.7. The SMILES string of the molecule is O=C(CC=Nc1ccc(F)cc1)c1ccccc1. The summed E-state index contributed by atoms with van der Waals surface area (Å²) in [5, 5.41) is 0. The third-order valence-corrected chi connectivity index (χ3v) is 2.44. The van der Waals surface area contributed by atoms with E-state index >= 15 is 0 Å². The average molecular weight is 241 g/mol. The molecule has 0 heterocycles. The molecule has 0 radical (unpaired) electrons. The van der Waals surface area contributed by atoms with Crippen LogP contribution in [0.1, 0.15) is 16.8 Å². The van der Waals surface area contributed by atoms with Crippen LogP contribution in [0.15, 0.2) is 59.6 Å². The minimum absolute atomic E-state index is 0.0152. The van der Waals surface area contributed by atoms with Crippen molar-refractivity contribution < 1.29 is 9.18 Å². The molecule has 18 heavy (non-hydrogen) atoms. The molecule has 2 aromatic carbocycles. The van der Waals surface area contributed by atoms with Crippen molar-refractivity contribution in [2.24, 2.45) is 4.99 Å². The minimum atomic E-state index is -0.297. The first-order valence-electron chi connectivity index (χ1n) is 5.62. The number of hydrogen-bond donors (Lipinski definition) is 0. The van der Waals surface area contributed by atoms with Gasteiger partial charge in [0.05, 0.1) is 5.69 Å². The summed E-state index contributed by atoms with van der Waals surface area (Å²) in [5.41, 5.74) is 1.31. The second-order valence-electron chi connectivity index (χ2n) is 3.78. The molecule has 0 saturated carbocycles. The standard InChI is InChI=1S/C15H12FNO/c16-13-6-8-14(9-7-13)17-11-10-15(18)12-4-2-1-3-5-12/h1-9,11H,10H2. The highest BCUT2D eigenvalue weighted by Gasteiger charge is 2.01.